The molecule has 0 N–H and O–H groups in total. The minimum atomic E-state index is 0.194. The Morgan fingerprint density at radius 3 is 2.06 bits per heavy atom. The molecule has 0 saturated carbocycles. The summed E-state index contributed by atoms with van der Waals surface area (Å²) in [5.41, 5.74) is 16.4. The molecule has 9 aromatic rings. The lowest BCUT2D eigenvalue weighted by molar-refractivity contribution is 0.811. The molecule has 1 aliphatic carbocycles. The van der Waals surface area contributed by atoms with Crippen molar-refractivity contribution in [1.29, 1.82) is 0 Å². The minimum absolute atomic E-state index is 0.194. The predicted molar refractivity (Wildman–Crippen MR) is 217 cm³/mol. The zero-order valence-electron chi connectivity index (χ0n) is 28.7. The van der Waals surface area contributed by atoms with Crippen LogP contribution in [-0.4, -0.2) is 18.9 Å². The third kappa shape index (κ3) is 4.92. The molecule has 2 unspecified atom stereocenters. The van der Waals surface area contributed by atoms with Gasteiger partial charge in [-0.2, -0.15) is 0 Å². The molecule has 53 heavy (non-hydrogen) atoms. The van der Waals surface area contributed by atoms with Crippen LogP contribution in [0.3, 0.4) is 0 Å². The van der Waals surface area contributed by atoms with Crippen LogP contribution in [0.5, 0.6) is 0 Å². The summed E-state index contributed by atoms with van der Waals surface area (Å²) >= 11 is 2.00. The molecule has 0 fully saturated rings. The fourth-order valence-corrected chi connectivity index (χ4v) is 9.78. The van der Waals surface area contributed by atoms with E-state index in [1.165, 1.54) is 60.4 Å². The number of imidazole rings is 1. The van der Waals surface area contributed by atoms with Crippen molar-refractivity contribution in [3.05, 3.63) is 205 Å². The second-order valence-electron chi connectivity index (χ2n) is 13.8. The smallest absolute Gasteiger partial charge is 0.137 e. The Labute approximate surface area is 311 Å². The molecule has 2 atom stereocenters. The summed E-state index contributed by atoms with van der Waals surface area (Å²) < 4.78 is 4.55. The molecule has 4 aromatic heterocycles. The first-order valence-electron chi connectivity index (χ1n) is 18.0. The molecule has 5 aromatic carbocycles. The van der Waals surface area contributed by atoms with Gasteiger partial charge in [0.1, 0.15) is 5.65 Å². The van der Waals surface area contributed by atoms with E-state index in [1.54, 1.807) is 0 Å². The van der Waals surface area contributed by atoms with Crippen LogP contribution in [0.2, 0.25) is 0 Å². The maximum Gasteiger partial charge on any atom is 0.137 e. The van der Waals surface area contributed by atoms with E-state index >= 15 is 0 Å². The molecular weight excluding hydrogens is 665 g/mol. The highest BCUT2D eigenvalue weighted by molar-refractivity contribution is 8.00. The predicted octanol–water partition coefficient (Wildman–Crippen LogP) is 12.1. The number of pyridine rings is 2. The van der Waals surface area contributed by atoms with Crippen LogP contribution in [0.25, 0.3) is 61.3 Å². The summed E-state index contributed by atoms with van der Waals surface area (Å²) in [5, 5.41) is 1.50. The molecule has 0 bridgehead atoms. The van der Waals surface area contributed by atoms with Gasteiger partial charge >= 0.3 is 0 Å². The zero-order chi connectivity index (χ0) is 34.9. The second kappa shape index (κ2) is 12.1. The van der Waals surface area contributed by atoms with Crippen molar-refractivity contribution in [2.24, 2.45) is 0 Å². The van der Waals surface area contributed by atoms with Crippen LogP contribution >= 0.6 is 11.8 Å². The van der Waals surface area contributed by atoms with E-state index in [-0.39, 0.29) is 11.2 Å². The Morgan fingerprint density at radius 1 is 0.585 bits per heavy atom. The van der Waals surface area contributed by atoms with Crippen LogP contribution in [-0.2, 0) is 0 Å². The average molecular weight is 697 g/mol. The SMILES string of the molecule is C1=C(c2ccccn2)c2c(c3cc(-c4ccccc4)ccc3n2-c2ccc(-c3cn4ccccc4n3)cc2)C2Sc3ccc(-c4ccccc4)cc3C12. The molecule has 11 rings (SSSR count). The topological polar surface area (TPSA) is 35.1 Å². The zero-order valence-corrected chi connectivity index (χ0v) is 29.5. The molecule has 0 amide bonds. The van der Waals surface area contributed by atoms with Crippen molar-refractivity contribution in [3.8, 4) is 39.2 Å². The number of thioether (sulfide) groups is 1. The van der Waals surface area contributed by atoms with E-state index in [0.29, 0.717) is 0 Å². The van der Waals surface area contributed by atoms with Crippen molar-refractivity contribution in [3.63, 3.8) is 0 Å². The second-order valence-corrected chi connectivity index (χ2v) is 15.0. The number of aromatic nitrogens is 4. The monoisotopic (exact) mass is 696 g/mol. The average Bonchev–Trinajstić information content (AvgIpc) is 3.93. The summed E-state index contributed by atoms with van der Waals surface area (Å²) in [5.74, 6) is 0.194. The van der Waals surface area contributed by atoms with E-state index in [0.717, 1.165) is 28.3 Å². The van der Waals surface area contributed by atoms with Gasteiger partial charge in [-0.15, -0.1) is 11.8 Å². The number of benzene rings is 5. The lowest BCUT2D eigenvalue weighted by atomic mass is 9.81. The number of fused-ring (bicyclic) bond motifs is 8. The highest BCUT2D eigenvalue weighted by Crippen LogP contribution is 2.62. The normalized spacial score (nSPS) is 16.0. The van der Waals surface area contributed by atoms with Crippen molar-refractivity contribution >= 4 is 33.9 Å². The molecule has 4 nitrogen and oxygen atoms in total. The summed E-state index contributed by atoms with van der Waals surface area (Å²) in [6, 6.07) is 56.8. The lowest BCUT2D eigenvalue weighted by Crippen LogP contribution is -2.13. The molecule has 5 heteroatoms. The highest BCUT2D eigenvalue weighted by Gasteiger charge is 2.42. The van der Waals surface area contributed by atoms with Crippen molar-refractivity contribution in [2.75, 3.05) is 0 Å². The Balaban J connectivity index is 1.14. The molecule has 5 heterocycles. The van der Waals surface area contributed by atoms with Crippen molar-refractivity contribution < 1.29 is 0 Å². The van der Waals surface area contributed by atoms with Gasteiger partial charge in [0.2, 0.25) is 0 Å². The molecule has 2 aliphatic rings. The van der Waals surface area contributed by atoms with Gasteiger partial charge in [-0.1, -0.05) is 103 Å². The van der Waals surface area contributed by atoms with Gasteiger partial charge in [-0.25, -0.2) is 4.98 Å². The number of rotatable bonds is 5. The van der Waals surface area contributed by atoms with Gasteiger partial charge in [-0.3, -0.25) is 4.98 Å². The molecule has 0 saturated heterocycles. The Bertz CT molecular complexity index is 2820. The Morgan fingerprint density at radius 2 is 1.30 bits per heavy atom. The minimum Gasteiger partial charge on any atom is -0.309 e. The van der Waals surface area contributed by atoms with Crippen molar-refractivity contribution in [2.45, 2.75) is 16.1 Å². The highest BCUT2D eigenvalue weighted by atomic mass is 32.2. The third-order valence-corrected chi connectivity index (χ3v) is 12.2. The van der Waals surface area contributed by atoms with Crippen LogP contribution in [0.1, 0.15) is 33.7 Å². The molecular formula is C48H32N4S. The van der Waals surface area contributed by atoms with Crippen LogP contribution < -0.4 is 0 Å². The first kappa shape index (κ1) is 30.2. The quantitative estimate of drug-likeness (QED) is 0.180. The maximum absolute atomic E-state index is 4.98. The van der Waals surface area contributed by atoms with E-state index < -0.39 is 0 Å². The number of nitrogens with zero attached hydrogens (tertiary/aromatic N) is 4. The molecule has 0 spiro atoms. The lowest BCUT2D eigenvalue weighted by Gasteiger charge is -2.27. The van der Waals surface area contributed by atoms with E-state index in [1.807, 2.05) is 48.4 Å². The number of hydrogen-bond acceptors (Lipinski definition) is 3. The molecule has 0 radical (unpaired) electrons. The van der Waals surface area contributed by atoms with Crippen molar-refractivity contribution in [1.82, 2.24) is 18.9 Å². The van der Waals surface area contributed by atoms with Crippen LogP contribution in [0.15, 0.2) is 187 Å². The van der Waals surface area contributed by atoms with E-state index in [9.17, 15) is 0 Å². The number of hydrogen-bond donors (Lipinski definition) is 0. The van der Waals surface area contributed by atoms with Gasteiger partial charge in [0.05, 0.1) is 22.6 Å². The fourth-order valence-electron chi connectivity index (χ4n) is 8.30. The number of allylic oxidation sites excluding steroid dienone is 1. The van der Waals surface area contributed by atoms with Gasteiger partial charge in [0.15, 0.2) is 0 Å². The summed E-state index contributed by atoms with van der Waals surface area (Å²) in [6.45, 7) is 0. The van der Waals surface area contributed by atoms with Gasteiger partial charge in [0, 0.05) is 62.4 Å². The van der Waals surface area contributed by atoms with Crippen LogP contribution in [0.4, 0.5) is 0 Å². The summed E-state index contributed by atoms with van der Waals surface area (Å²) in [6.07, 6.45) is 8.56. The Hall–Kier alpha value is -6.43. The summed E-state index contributed by atoms with van der Waals surface area (Å²) in [7, 11) is 0. The fraction of sp³-hybridized carbons (Fsp3) is 0.0417. The maximum atomic E-state index is 4.98. The molecule has 1 aliphatic heterocycles. The molecule has 250 valence electrons. The van der Waals surface area contributed by atoms with Gasteiger partial charge in [-0.05, 0) is 88.5 Å². The largest absolute Gasteiger partial charge is 0.309 e. The Kier molecular flexibility index (Phi) is 6.89. The van der Waals surface area contributed by atoms with Gasteiger partial charge in [0.25, 0.3) is 0 Å². The first-order valence-corrected chi connectivity index (χ1v) is 18.9. The standard InChI is InChI=1S/C48H32N4S/c1-3-11-31(12-4-1)34-19-23-43-40(28-34)46-47(52(43)36-21-17-33(18-22-36)42-30-51-26-10-8-16-45(51)50-42)39(41-15-7-9-25-49-41)29-38-37-27-35(32-13-5-2-6-14-32)20-24-44(37)53-48(38)46/h1-30,38,48H. The van der Waals surface area contributed by atoms with Gasteiger partial charge < -0.3 is 8.97 Å². The third-order valence-electron chi connectivity index (χ3n) is 10.8. The van der Waals surface area contributed by atoms with E-state index in [4.69, 9.17) is 9.97 Å². The first-order chi connectivity index (χ1) is 26.3. The van der Waals surface area contributed by atoms with E-state index in [2.05, 4.69) is 155 Å². The summed E-state index contributed by atoms with van der Waals surface area (Å²) in [4.78, 5) is 11.2. The van der Waals surface area contributed by atoms with Crippen LogP contribution in [0, 0.1) is 0 Å².